The number of fused-ring (bicyclic) bond motifs is 3. The van der Waals surface area contributed by atoms with Crippen LogP contribution in [-0.4, -0.2) is 82.5 Å². The molecule has 63 heavy (non-hydrogen) atoms. The minimum absolute atomic E-state index is 0.0358. The lowest BCUT2D eigenvalue weighted by molar-refractivity contribution is 0.410. The van der Waals surface area contributed by atoms with E-state index in [1.54, 1.807) is 0 Å². The fraction of sp³-hybridized carbons (Fsp3) is 0. The SMILES string of the molecule is [B]c1c([B])c([B])c(-c2cccc(-c3c4ccccc4c(-c4ccc(-n5c(-c6ccccc6)nc6ccccc65)cc4)c4ccc(-c5c([B])c([B])c(O)c(O)c5[B])cc34)c2)c([B])c1[B]. The van der Waals surface area contributed by atoms with E-state index in [1.165, 1.54) is 0 Å². The van der Waals surface area contributed by atoms with E-state index in [0.717, 1.165) is 71.9 Å². The third-order valence-electron chi connectivity index (χ3n) is 12.0. The number of nitrogens with zero attached hydrogens (tertiary/aromatic N) is 2. The summed E-state index contributed by atoms with van der Waals surface area (Å²) in [7, 11) is 51.2. The highest BCUT2D eigenvalue weighted by molar-refractivity contribution is 6.68. The number of phenols is 2. The molecule has 9 aromatic carbocycles. The number of rotatable bonds is 6. The average molecular weight is 785 g/mol. The smallest absolute Gasteiger partial charge is 0.150 e. The predicted octanol–water partition coefficient (Wildman–Crippen LogP) is 3.43. The molecule has 10 rings (SSSR count). The lowest BCUT2D eigenvalue weighted by Crippen LogP contribution is -2.55. The highest BCUT2D eigenvalue weighted by Gasteiger charge is 2.22. The van der Waals surface area contributed by atoms with Crippen LogP contribution in [0, 0.1) is 0 Å². The lowest BCUT2D eigenvalue weighted by Gasteiger charge is -2.23. The minimum Gasteiger partial charge on any atom is -0.505 e. The molecule has 0 bridgehead atoms. The van der Waals surface area contributed by atoms with E-state index in [9.17, 15) is 10.2 Å². The summed E-state index contributed by atoms with van der Waals surface area (Å²) >= 11 is 0. The molecule has 0 atom stereocenters. The van der Waals surface area contributed by atoms with E-state index >= 15 is 0 Å². The summed E-state index contributed by atoms with van der Waals surface area (Å²) in [4.78, 5) is 5.04. The van der Waals surface area contributed by atoms with E-state index in [-0.39, 0.29) is 43.7 Å². The summed E-state index contributed by atoms with van der Waals surface area (Å²) in [6.45, 7) is 0. The van der Waals surface area contributed by atoms with Crippen LogP contribution in [-0.2, 0) is 0 Å². The van der Waals surface area contributed by atoms with Gasteiger partial charge in [-0.15, -0.1) is 16.4 Å². The average Bonchev–Trinajstić information content (AvgIpc) is 3.71. The Morgan fingerprint density at radius 2 is 0.825 bits per heavy atom. The van der Waals surface area contributed by atoms with E-state index in [4.69, 9.17) is 67.8 Å². The van der Waals surface area contributed by atoms with Crippen LogP contribution in [0.3, 0.4) is 0 Å². The molecule has 0 aliphatic carbocycles. The van der Waals surface area contributed by atoms with E-state index < -0.39 is 11.5 Å². The molecule has 1 aromatic heterocycles. The van der Waals surface area contributed by atoms with Gasteiger partial charge in [-0.05, 0) is 108 Å². The van der Waals surface area contributed by atoms with Crippen LogP contribution in [0.1, 0.15) is 0 Å². The second-order valence-corrected chi connectivity index (χ2v) is 15.6. The van der Waals surface area contributed by atoms with E-state index in [0.29, 0.717) is 22.3 Å². The van der Waals surface area contributed by atoms with Crippen molar-refractivity contribution in [1.29, 1.82) is 0 Å². The Bertz CT molecular complexity index is 3460. The largest absolute Gasteiger partial charge is 0.505 e. The van der Waals surface area contributed by atoms with Gasteiger partial charge in [0.15, 0.2) is 0 Å². The number of hydrogen-bond acceptors (Lipinski definition) is 3. The van der Waals surface area contributed by atoms with Crippen LogP contribution in [0.15, 0.2) is 146 Å². The molecular formula is C51H26B8N2O2. The highest BCUT2D eigenvalue weighted by Crippen LogP contribution is 2.45. The van der Waals surface area contributed by atoms with Gasteiger partial charge < -0.3 is 10.2 Å². The number of aromatic nitrogens is 2. The quantitative estimate of drug-likeness (QED) is 0.155. The van der Waals surface area contributed by atoms with Gasteiger partial charge in [0.1, 0.15) is 80.1 Å². The zero-order valence-electron chi connectivity index (χ0n) is 33.8. The van der Waals surface area contributed by atoms with E-state index in [2.05, 4.69) is 59.2 Å². The molecule has 0 fully saturated rings. The van der Waals surface area contributed by atoms with Crippen LogP contribution in [0.4, 0.5) is 0 Å². The molecule has 0 aliphatic heterocycles. The number of benzene rings is 9. The van der Waals surface area contributed by atoms with Crippen LogP contribution in [0.2, 0.25) is 0 Å². The summed E-state index contributed by atoms with van der Waals surface area (Å²) in [6, 6.07) is 48.7. The Hall–Kier alpha value is -6.91. The second-order valence-electron chi connectivity index (χ2n) is 15.6. The highest BCUT2D eigenvalue weighted by atomic mass is 16.3. The number of phenolic OH excluding ortho intramolecular Hbond substituents is 2. The maximum absolute atomic E-state index is 10.8. The van der Waals surface area contributed by atoms with Crippen LogP contribution < -0.4 is 43.7 Å². The maximum atomic E-state index is 10.8. The first-order valence-electron chi connectivity index (χ1n) is 20.1. The molecule has 0 amide bonds. The van der Waals surface area contributed by atoms with Crippen molar-refractivity contribution in [2.75, 3.05) is 0 Å². The summed E-state index contributed by atoms with van der Waals surface area (Å²) in [5, 5.41) is 25.0. The maximum Gasteiger partial charge on any atom is 0.150 e. The zero-order valence-corrected chi connectivity index (χ0v) is 33.8. The molecule has 276 valence electrons. The third kappa shape index (κ3) is 6.37. The van der Waals surface area contributed by atoms with Gasteiger partial charge in [-0.25, -0.2) is 4.98 Å². The fourth-order valence-electron chi connectivity index (χ4n) is 8.88. The summed E-state index contributed by atoms with van der Waals surface area (Å²) < 4.78 is 2.18. The fourth-order valence-corrected chi connectivity index (χ4v) is 8.88. The van der Waals surface area contributed by atoms with Crippen LogP contribution in [0.25, 0.3) is 94.2 Å². The van der Waals surface area contributed by atoms with Gasteiger partial charge in [0.05, 0.1) is 11.0 Å². The standard InChI is InChI=1S/C51H26B8N2O2/c52-41-39(42(53)46(57)47(58)45(41)56)28-12-8-11-27(23-28)38-32-14-5-4-13-31(32)37(33-22-19-29(24-34(33)38)40-43(54)48(59)50(63)49(62)44(40)55)25-17-20-30(21-18-25)61-36-16-7-6-15-35(36)60-51(61)26-9-2-1-3-10-26/h1-24,62-63H. The normalized spacial score (nSPS) is 11.5. The molecule has 10 aromatic rings. The summed E-state index contributed by atoms with van der Waals surface area (Å²) in [5.74, 6) is -0.292. The van der Waals surface area contributed by atoms with Gasteiger partial charge in [0, 0.05) is 11.3 Å². The third-order valence-corrected chi connectivity index (χ3v) is 12.0. The zero-order chi connectivity index (χ0) is 43.8. The molecule has 0 aliphatic rings. The second kappa shape index (κ2) is 15.5. The van der Waals surface area contributed by atoms with Crippen molar-refractivity contribution in [1.82, 2.24) is 9.55 Å². The first-order chi connectivity index (χ1) is 30.4. The Balaban J connectivity index is 1.24. The first-order valence-corrected chi connectivity index (χ1v) is 20.1. The molecule has 12 heteroatoms. The van der Waals surface area contributed by atoms with Gasteiger partial charge in [-0.3, -0.25) is 4.57 Å². The van der Waals surface area contributed by atoms with Crippen LogP contribution >= 0.6 is 0 Å². The molecule has 0 saturated heterocycles. The van der Waals surface area contributed by atoms with Gasteiger partial charge >= 0.3 is 0 Å². The molecule has 0 saturated carbocycles. The number of imidazole rings is 1. The van der Waals surface area contributed by atoms with Crippen molar-refractivity contribution in [2.24, 2.45) is 0 Å². The Morgan fingerprint density at radius 3 is 1.51 bits per heavy atom. The molecule has 2 N–H and O–H groups in total. The topological polar surface area (TPSA) is 58.3 Å². The molecule has 1 heterocycles. The van der Waals surface area contributed by atoms with Gasteiger partial charge in [0.2, 0.25) is 0 Å². The molecular weight excluding hydrogens is 759 g/mol. The van der Waals surface area contributed by atoms with Gasteiger partial charge in [-0.2, -0.15) is 0 Å². The number of aromatic hydroxyl groups is 2. The van der Waals surface area contributed by atoms with Crippen molar-refractivity contribution in [3.8, 4) is 73.1 Å². The summed E-state index contributed by atoms with van der Waals surface area (Å²) in [6.07, 6.45) is 0. The number of hydrogen-bond donors (Lipinski definition) is 2. The van der Waals surface area contributed by atoms with Crippen LogP contribution in [0.5, 0.6) is 11.5 Å². The molecule has 16 radical (unpaired) electrons. The van der Waals surface area contributed by atoms with Crippen molar-refractivity contribution in [3.05, 3.63) is 146 Å². The Morgan fingerprint density at radius 1 is 0.349 bits per heavy atom. The monoisotopic (exact) mass is 786 g/mol. The van der Waals surface area contributed by atoms with Crippen molar-refractivity contribution >= 4 is 139 Å². The first kappa shape index (κ1) is 40.2. The van der Waals surface area contributed by atoms with Crippen molar-refractivity contribution in [3.63, 3.8) is 0 Å². The Labute approximate surface area is 375 Å². The number of para-hydroxylation sites is 2. The lowest BCUT2D eigenvalue weighted by atomic mass is 9.59. The summed E-state index contributed by atoms with van der Waals surface area (Å²) in [5.41, 5.74) is 10.2. The molecule has 4 nitrogen and oxygen atoms in total. The molecule has 0 spiro atoms. The van der Waals surface area contributed by atoms with Crippen molar-refractivity contribution < 1.29 is 10.2 Å². The predicted molar refractivity (Wildman–Crippen MR) is 270 cm³/mol. The van der Waals surface area contributed by atoms with E-state index in [1.807, 2.05) is 91.0 Å². The Kier molecular flexibility index (Phi) is 9.86. The van der Waals surface area contributed by atoms with Gasteiger partial charge in [0.25, 0.3) is 0 Å². The van der Waals surface area contributed by atoms with Gasteiger partial charge in [-0.1, -0.05) is 131 Å². The minimum atomic E-state index is -0.578. The molecule has 0 unspecified atom stereocenters. The van der Waals surface area contributed by atoms with Crippen molar-refractivity contribution in [2.45, 2.75) is 0 Å².